The number of rotatable bonds is 7. The van der Waals surface area contributed by atoms with E-state index < -0.39 is 0 Å². The zero-order valence-electron chi connectivity index (χ0n) is 18.9. The van der Waals surface area contributed by atoms with Crippen LogP contribution in [0.1, 0.15) is 13.3 Å². The van der Waals surface area contributed by atoms with Crippen molar-refractivity contribution in [3.63, 3.8) is 0 Å². The molecular formula is C26H28N5O2+. The van der Waals surface area contributed by atoms with E-state index >= 15 is 0 Å². The van der Waals surface area contributed by atoms with E-state index in [-0.39, 0.29) is 0 Å². The molecule has 3 heterocycles. The van der Waals surface area contributed by atoms with Crippen molar-refractivity contribution in [1.29, 1.82) is 0 Å². The Morgan fingerprint density at radius 2 is 1.82 bits per heavy atom. The van der Waals surface area contributed by atoms with Gasteiger partial charge in [0, 0.05) is 41.9 Å². The number of anilines is 1. The summed E-state index contributed by atoms with van der Waals surface area (Å²) in [6.07, 6.45) is 3.38. The zero-order valence-corrected chi connectivity index (χ0v) is 18.9. The average molecular weight is 443 g/mol. The highest BCUT2D eigenvalue weighted by molar-refractivity contribution is 5.95. The van der Waals surface area contributed by atoms with Crippen molar-refractivity contribution in [1.82, 2.24) is 9.88 Å². The third-order valence-corrected chi connectivity index (χ3v) is 6.26. The molecule has 168 valence electrons. The molecule has 0 saturated carbocycles. The number of hydrogen-bond acceptors (Lipinski definition) is 6. The average Bonchev–Trinajstić information content (AvgIpc) is 3.28. The highest BCUT2D eigenvalue weighted by Crippen LogP contribution is 2.31. The van der Waals surface area contributed by atoms with Crippen LogP contribution in [0.25, 0.3) is 22.0 Å². The lowest BCUT2D eigenvalue weighted by Crippen LogP contribution is -2.46. The fourth-order valence-electron chi connectivity index (χ4n) is 4.32. The first-order valence-corrected chi connectivity index (χ1v) is 11.5. The van der Waals surface area contributed by atoms with Gasteiger partial charge in [0.05, 0.1) is 18.7 Å². The van der Waals surface area contributed by atoms with Gasteiger partial charge in [-0.2, -0.15) is 0 Å². The number of piperazine rings is 1. The van der Waals surface area contributed by atoms with E-state index in [1.165, 1.54) is 23.2 Å². The minimum Gasteiger partial charge on any atom is -0.493 e. The zero-order chi connectivity index (χ0) is 22.6. The molecule has 33 heavy (non-hydrogen) atoms. The van der Waals surface area contributed by atoms with Gasteiger partial charge in [-0.05, 0) is 47.3 Å². The van der Waals surface area contributed by atoms with Crippen LogP contribution in [0.3, 0.4) is 0 Å². The summed E-state index contributed by atoms with van der Waals surface area (Å²) < 4.78 is 6.58. The van der Waals surface area contributed by atoms with Gasteiger partial charge in [0.1, 0.15) is 11.6 Å². The number of amidine groups is 1. The van der Waals surface area contributed by atoms with Gasteiger partial charge in [-0.3, -0.25) is 0 Å². The summed E-state index contributed by atoms with van der Waals surface area (Å²) in [4.78, 5) is 25.5. The van der Waals surface area contributed by atoms with Crippen LogP contribution in [-0.4, -0.2) is 59.8 Å². The highest BCUT2D eigenvalue weighted by Gasteiger charge is 2.21. The lowest BCUT2D eigenvalue weighted by atomic mass is 10.1. The maximum Gasteiger partial charge on any atom is 0.345 e. The van der Waals surface area contributed by atoms with E-state index in [4.69, 9.17) is 9.72 Å². The minimum absolute atomic E-state index is 0.403. The van der Waals surface area contributed by atoms with Gasteiger partial charge >= 0.3 is 5.84 Å². The predicted octanol–water partition coefficient (Wildman–Crippen LogP) is 4.47. The van der Waals surface area contributed by atoms with Crippen molar-refractivity contribution in [3.05, 3.63) is 71.9 Å². The van der Waals surface area contributed by atoms with Crippen LogP contribution in [0.2, 0.25) is 0 Å². The standard InChI is InChI=1S/C26H28N5O2/c1-2-29-14-16-30(17-15-29)26-23-6-4-3-5-21(23)19-24(28-26)20-7-9-22(10-8-20)33-18-11-25-27-12-13-31(25)32/h3-10,12-13,19H,2,11,14-18H2,1H3/q+1. The molecule has 1 aromatic heterocycles. The summed E-state index contributed by atoms with van der Waals surface area (Å²) in [6.45, 7) is 7.82. The number of likely N-dealkylation sites (N-methyl/N-ethyl adjacent to an activating group) is 1. The maximum atomic E-state index is 11.5. The summed E-state index contributed by atoms with van der Waals surface area (Å²) in [5.74, 6) is 2.30. The molecule has 5 rings (SSSR count). The van der Waals surface area contributed by atoms with Gasteiger partial charge in [0.15, 0.2) is 12.4 Å². The summed E-state index contributed by atoms with van der Waals surface area (Å²) in [5, 5.41) is 2.40. The van der Waals surface area contributed by atoms with E-state index in [0.29, 0.717) is 18.9 Å². The molecule has 1 fully saturated rings. The molecule has 3 aromatic rings. The van der Waals surface area contributed by atoms with Gasteiger partial charge < -0.3 is 14.5 Å². The smallest absolute Gasteiger partial charge is 0.345 e. The Morgan fingerprint density at radius 3 is 2.55 bits per heavy atom. The quantitative estimate of drug-likeness (QED) is 0.505. The molecule has 0 aliphatic carbocycles. The number of aliphatic imine (C=N–C) groups is 1. The van der Waals surface area contributed by atoms with Crippen molar-refractivity contribution in [2.75, 3.05) is 44.2 Å². The molecule has 0 amide bonds. The maximum absolute atomic E-state index is 11.5. The first-order chi connectivity index (χ1) is 16.2. The van der Waals surface area contributed by atoms with Crippen LogP contribution in [0.5, 0.6) is 5.75 Å². The van der Waals surface area contributed by atoms with Crippen molar-refractivity contribution in [3.8, 4) is 17.0 Å². The molecule has 0 unspecified atom stereocenters. The molecule has 0 spiro atoms. The van der Waals surface area contributed by atoms with Crippen molar-refractivity contribution < 1.29 is 9.50 Å². The monoisotopic (exact) mass is 442 g/mol. The number of pyridine rings is 1. The summed E-state index contributed by atoms with van der Waals surface area (Å²) in [7, 11) is 0. The number of nitroso groups, excluding NO2 is 1. The topological polar surface area (TPSA) is 61.0 Å². The second-order valence-electron chi connectivity index (χ2n) is 8.27. The fourth-order valence-corrected chi connectivity index (χ4v) is 4.32. The molecule has 2 aromatic carbocycles. The summed E-state index contributed by atoms with van der Waals surface area (Å²) >= 11 is 0. The molecule has 0 radical (unpaired) electrons. The Kier molecular flexibility index (Phi) is 6.13. The number of nitrogens with zero attached hydrogens (tertiary/aromatic N) is 5. The predicted molar refractivity (Wildman–Crippen MR) is 132 cm³/mol. The Bertz CT molecular complexity index is 1210. The van der Waals surface area contributed by atoms with Crippen LogP contribution in [0.4, 0.5) is 5.82 Å². The Morgan fingerprint density at radius 1 is 1.03 bits per heavy atom. The van der Waals surface area contributed by atoms with Crippen LogP contribution >= 0.6 is 0 Å². The molecule has 2 aliphatic heterocycles. The number of aromatic nitrogens is 1. The van der Waals surface area contributed by atoms with Crippen LogP contribution in [0.15, 0.2) is 72.0 Å². The summed E-state index contributed by atoms with van der Waals surface area (Å²) in [5.41, 5.74) is 2.01. The van der Waals surface area contributed by atoms with Crippen molar-refractivity contribution in [2.24, 2.45) is 4.99 Å². The third-order valence-electron chi connectivity index (χ3n) is 6.26. The molecule has 7 heteroatoms. The Balaban J connectivity index is 1.34. The summed E-state index contributed by atoms with van der Waals surface area (Å²) in [6, 6.07) is 18.6. The normalized spacial score (nSPS) is 16.5. The van der Waals surface area contributed by atoms with Crippen molar-refractivity contribution >= 4 is 22.4 Å². The first-order valence-electron chi connectivity index (χ1n) is 11.5. The number of hydrogen-bond donors (Lipinski definition) is 0. The van der Waals surface area contributed by atoms with Gasteiger partial charge in [0.2, 0.25) is 0 Å². The van der Waals surface area contributed by atoms with Gasteiger partial charge in [0.25, 0.3) is 0 Å². The van der Waals surface area contributed by atoms with E-state index in [2.05, 4.69) is 52.0 Å². The van der Waals surface area contributed by atoms with Crippen LogP contribution < -0.4 is 9.64 Å². The number of fused-ring (bicyclic) bond motifs is 1. The van der Waals surface area contributed by atoms with E-state index in [9.17, 15) is 4.91 Å². The van der Waals surface area contributed by atoms with Gasteiger partial charge in [-0.1, -0.05) is 36.1 Å². The lowest BCUT2D eigenvalue weighted by molar-refractivity contribution is -0.348. The van der Waals surface area contributed by atoms with Crippen LogP contribution in [-0.2, 0) is 0 Å². The third kappa shape index (κ3) is 4.64. The SMILES string of the molecule is CCN1CCN(c2nc(-c3ccc(OCCC4=NC=C[N+]4=O)cc3)cc3ccccc23)CC1. The van der Waals surface area contributed by atoms with Gasteiger partial charge in [-0.25, -0.2) is 4.98 Å². The molecular weight excluding hydrogens is 414 g/mol. The van der Waals surface area contributed by atoms with Gasteiger partial charge in [-0.15, -0.1) is 0 Å². The molecule has 7 nitrogen and oxygen atoms in total. The van der Waals surface area contributed by atoms with Crippen LogP contribution in [0, 0.1) is 4.91 Å². The molecule has 0 bridgehead atoms. The van der Waals surface area contributed by atoms with E-state index in [1.807, 2.05) is 24.3 Å². The highest BCUT2D eigenvalue weighted by atomic mass is 16.5. The lowest BCUT2D eigenvalue weighted by Gasteiger charge is -2.35. The number of benzene rings is 2. The molecule has 1 saturated heterocycles. The first kappa shape index (κ1) is 21.3. The minimum atomic E-state index is 0.403. The van der Waals surface area contributed by atoms with Crippen molar-refractivity contribution in [2.45, 2.75) is 13.3 Å². The Labute approximate surface area is 193 Å². The second-order valence-corrected chi connectivity index (χ2v) is 8.27. The Hall–Kier alpha value is -3.58. The molecule has 0 N–H and O–H groups in total. The molecule has 2 aliphatic rings. The van der Waals surface area contributed by atoms with E-state index in [0.717, 1.165) is 60.3 Å². The largest absolute Gasteiger partial charge is 0.493 e. The van der Waals surface area contributed by atoms with E-state index in [1.54, 1.807) is 0 Å². The fraction of sp³-hybridized carbons (Fsp3) is 0.308. The second kappa shape index (κ2) is 9.50. The molecule has 0 atom stereocenters. The number of ether oxygens (including phenoxy) is 1.